The summed E-state index contributed by atoms with van der Waals surface area (Å²) in [5.41, 5.74) is -0.444. The van der Waals surface area contributed by atoms with Gasteiger partial charge >= 0.3 is 6.09 Å². The molecular weight excluding hydrogens is 298 g/mol. The van der Waals surface area contributed by atoms with E-state index in [0.29, 0.717) is 0 Å². The minimum atomic E-state index is -0.444. The summed E-state index contributed by atoms with van der Waals surface area (Å²) in [5.74, 6) is 0. The van der Waals surface area contributed by atoms with Gasteiger partial charge in [0.1, 0.15) is 10.6 Å². The molecule has 5 nitrogen and oxygen atoms in total. The Morgan fingerprint density at radius 1 is 1.55 bits per heavy atom. The van der Waals surface area contributed by atoms with Crippen LogP contribution < -0.4 is 5.32 Å². The highest BCUT2D eigenvalue weighted by atomic mass is 32.1. The molecule has 6 heteroatoms. The Labute approximate surface area is 137 Å². The van der Waals surface area contributed by atoms with E-state index in [1.165, 1.54) is 0 Å². The van der Waals surface area contributed by atoms with Crippen LogP contribution in [0.3, 0.4) is 0 Å². The van der Waals surface area contributed by atoms with Gasteiger partial charge in [0.05, 0.1) is 6.04 Å². The molecule has 1 saturated heterocycles. The Morgan fingerprint density at radius 3 is 2.95 bits per heavy atom. The number of nitrogens with zero attached hydrogens (tertiary/aromatic N) is 2. The lowest BCUT2D eigenvalue weighted by atomic mass is 10.0. The first-order valence-corrected chi connectivity index (χ1v) is 8.87. The number of hydrogen-bond donors (Lipinski definition) is 1. The number of ether oxygens (including phenoxy) is 1. The number of aromatic nitrogens is 1. The third-order valence-corrected chi connectivity index (χ3v) is 4.69. The number of piperidine rings is 1. The molecule has 0 aromatic carbocycles. The van der Waals surface area contributed by atoms with E-state index < -0.39 is 5.60 Å². The zero-order valence-electron chi connectivity index (χ0n) is 14.0. The van der Waals surface area contributed by atoms with Crippen LogP contribution in [-0.4, -0.2) is 40.7 Å². The molecule has 1 aromatic rings. The van der Waals surface area contributed by atoms with E-state index in [1.54, 1.807) is 11.3 Å². The van der Waals surface area contributed by atoms with Crippen LogP contribution in [0.2, 0.25) is 0 Å². The van der Waals surface area contributed by atoms with Gasteiger partial charge in [-0.2, -0.15) is 0 Å². The van der Waals surface area contributed by atoms with E-state index in [-0.39, 0.29) is 18.2 Å². The van der Waals surface area contributed by atoms with Crippen molar-refractivity contribution in [3.8, 4) is 0 Å². The van der Waals surface area contributed by atoms with Crippen molar-refractivity contribution in [3.05, 3.63) is 16.6 Å². The highest BCUT2D eigenvalue weighted by molar-refractivity contribution is 7.09. The minimum absolute atomic E-state index is 0.194. The molecule has 0 radical (unpaired) electrons. The molecule has 1 N–H and O–H groups in total. The molecule has 0 spiro atoms. The van der Waals surface area contributed by atoms with Crippen molar-refractivity contribution in [3.63, 3.8) is 0 Å². The van der Waals surface area contributed by atoms with Crippen LogP contribution in [0.4, 0.5) is 4.79 Å². The first-order valence-electron chi connectivity index (χ1n) is 7.99. The van der Waals surface area contributed by atoms with Crippen molar-refractivity contribution in [2.24, 2.45) is 0 Å². The van der Waals surface area contributed by atoms with Crippen molar-refractivity contribution in [2.45, 2.75) is 64.6 Å². The quantitative estimate of drug-likeness (QED) is 0.919. The van der Waals surface area contributed by atoms with E-state index >= 15 is 0 Å². The van der Waals surface area contributed by atoms with Crippen molar-refractivity contribution < 1.29 is 9.53 Å². The van der Waals surface area contributed by atoms with Crippen LogP contribution in [0, 0.1) is 0 Å². The molecular formula is C16H27N3O2S. The SMILES string of the molecule is C[C@H](NC[C@@H]1CCCCN1C(=O)OC(C)(C)C)c1nccs1. The number of hydrogen-bond acceptors (Lipinski definition) is 5. The Balaban J connectivity index is 1.90. The average molecular weight is 325 g/mol. The summed E-state index contributed by atoms with van der Waals surface area (Å²) in [6.07, 6.45) is 4.87. The summed E-state index contributed by atoms with van der Waals surface area (Å²) in [6, 6.07) is 0.411. The van der Waals surface area contributed by atoms with Gasteiger partial charge in [0, 0.05) is 30.7 Å². The number of carbonyl (C=O) groups excluding carboxylic acids is 1. The summed E-state index contributed by atoms with van der Waals surface area (Å²) >= 11 is 1.65. The summed E-state index contributed by atoms with van der Waals surface area (Å²) in [5, 5.41) is 6.57. The van der Waals surface area contributed by atoms with Gasteiger partial charge in [-0.05, 0) is 47.0 Å². The molecule has 0 bridgehead atoms. The van der Waals surface area contributed by atoms with Crippen molar-refractivity contribution in [2.75, 3.05) is 13.1 Å². The van der Waals surface area contributed by atoms with Gasteiger partial charge in [-0.25, -0.2) is 9.78 Å². The van der Waals surface area contributed by atoms with Crippen molar-refractivity contribution in [1.29, 1.82) is 0 Å². The second-order valence-electron chi connectivity index (χ2n) is 6.82. The Morgan fingerprint density at radius 2 is 2.32 bits per heavy atom. The topological polar surface area (TPSA) is 54.5 Å². The van der Waals surface area contributed by atoms with Crippen LogP contribution >= 0.6 is 11.3 Å². The lowest BCUT2D eigenvalue weighted by molar-refractivity contribution is 0.00970. The lowest BCUT2D eigenvalue weighted by Crippen LogP contribution is -2.50. The van der Waals surface area contributed by atoms with Crippen molar-refractivity contribution >= 4 is 17.4 Å². The van der Waals surface area contributed by atoms with Gasteiger partial charge in [0.25, 0.3) is 0 Å². The lowest BCUT2D eigenvalue weighted by Gasteiger charge is -2.37. The number of likely N-dealkylation sites (tertiary alicyclic amines) is 1. The molecule has 0 unspecified atom stereocenters. The largest absolute Gasteiger partial charge is 0.444 e. The average Bonchev–Trinajstić information content (AvgIpc) is 2.97. The van der Waals surface area contributed by atoms with Gasteiger partial charge in [-0.1, -0.05) is 0 Å². The van der Waals surface area contributed by atoms with Gasteiger partial charge in [-0.15, -0.1) is 11.3 Å². The highest BCUT2D eigenvalue weighted by Gasteiger charge is 2.30. The molecule has 1 amide bonds. The van der Waals surface area contributed by atoms with Crippen LogP contribution in [0.15, 0.2) is 11.6 Å². The van der Waals surface area contributed by atoms with Gasteiger partial charge < -0.3 is 15.0 Å². The molecule has 2 heterocycles. The third-order valence-electron chi connectivity index (χ3n) is 3.74. The third kappa shape index (κ3) is 4.95. The number of thiazole rings is 1. The van der Waals surface area contributed by atoms with E-state index in [2.05, 4.69) is 17.2 Å². The van der Waals surface area contributed by atoms with Crippen LogP contribution in [0.5, 0.6) is 0 Å². The van der Waals surface area contributed by atoms with E-state index in [1.807, 2.05) is 37.2 Å². The predicted octanol–water partition coefficient (Wildman–Crippen LogP) is 3.58. The zero-order chi connectivity index (χ0) is 16.2. The number of nitrogens with one attached hydrogen (secondary N) is 1. The molecule has 2 rings (SSSR count). The first-order chi connectivity index (χ1) is 10.4. The maximum absolute atomic E-state index is 12.4. The van der Waals surface area contributed by atoms with Crippen molar-refractivity contribution in [1.82, 2.24) is 15.2 Å². The molecule has 1 fully saturated rings. The summed E-state index contributed by atoms with van der Waals surface area (Å²) < 4.78 is 5.54. The number of amides is 1. The van der Waals surface area contributed by atoms with E-state index in [4.69, 9.17) is 4.74 Å². The standard InChI is InChI=1S/C16H27N3O2S/c1-12(14-17-8-10-22-14)18-11-13-7-5-6-9-19(13)15(20)21-16(2,3)4/h8,10,12-13,18H,5-7,9,11H2,1-4H3/t12-,13-/m0/s1. The molecule has 0 saturated carbocycles. The summed E-state index contributed by atoms with van der Waals surface area (Å²) in [6.45, 7) is 9.40. The number of rotatable bonds is 4. The second-order valence-corrected chi connectivity index (χ2v) is 7.75. The molecule has 1 aliphatic heterocycles. The van der Waals surface area contributed by atoms with Crippen LogP contribution in [0.25, 0.3) is 0 Å². The summed E-state index contributed by atoms with van der Waals surface area (Å²) in [4.78, 5) is 18.6. The maximum atomic E-state index is 12.4. The van der Waals surface area contributed by atoms with Gasteiger partial charge in [0.15, 0.2) is 0 Å². The predicted molar refractivity (Wildman–Crippen MR) is 89.1 cm³/mol. The number of carbonyl (C=O) groups is 1. The fourth-order valence-corrected chi connectivity index (χ4v) is 3.29. The monoisotopic (exact) mass is 325 g/mol. The Kier molecular flexibility index (Phi) is 5.81. The Bertz CT molecular complexity index is 470. The zero-order valence-corrected chi connectivity index (χ0v) is 14.8. The normalized spacial score (nSPS) is 20.7. The fraction of sp³-hybridized carbons (Fsp3) is 0.750. The molecule has 0 aliphatic carbocycles. The van der Waals surface area contributed by atoms with E-state index in [0.717, 1.165) is 37.4 Å². The first kappa shape index (κ1) is 17.2. The molecule has 1 aliphatic rings. The fourth-order valence-electron chi connectivity index (χ4n) is 2.62. The Hall–Kier alpha value is -1.14. The van der Waals surface area contributed by atoms with Crippen LogP contribution in [-0.2, 0) is 4.74 Å². The maximum Gasteiger partial charge on any atom is 0.410 e. The minimum Gasteiger partial charge on any atom is -0.444 e. The van der Waals surface area contributed by atoms with Gasteiger partial charge in [-0.3, -0.25) is 0 Å². The highest BCUT2D eigenvalue weighted by Crippen LogP contribution is 2.21. The van der Waals surface area contributed by atoms with E-state index in [9.17, 15) is 4.79 Å². The molecule has 2 atom stereocenters. The smallest absolute Gasteiger partial charge is 0.410 e. The van der Waals surface area contributed by atoms with Crippen LogP contribution in [0.1, 0.15) is 58.0 Å². The molecule has 1 aromatic heterocycles. The molecule has 124 valence electrons. The summed E-state index contributed by atoms with van der Waals surface area (Å²) in [7, 11) is 0. The van der Waals surface area contributed by atoms with Gasteiger partial charge in [0.2, 0.25) is 0 Å². The molecule has 22 heavy (non-hydrogen) atoms. The second kappa shape index (κ2) is 7.42.